The van der Waals surface area contributed by atoms with Gasteiger partial charge in [0, 0.05) is 6.07 Å². The van der Waals surface area contributed by atoms with Gasteiger partial charge in [0.1, 0.15) is 5.75 Å². The molecule has 0 saturated heterocycles. The third kappa shape index (κ3) is 2.03. The molecule has 0 N–H and O–H groups in total. The van der Waals surface area contributed by atoms with Crippen LogP contribution in [0.2, 0.25) is 0 Å². The van der Waals surface area contributed by atoms with Gasteiger partial charge in [0.25, 0.3) is 11.6 Å². The fraction of sp³-hybridized carbons (Fsp3) is 0.333. The summed E-state index contributed by atoms with van der Waals surface area (Å²) < 4.78 is 29.8. The first-order chi connectivity index (χ1) is 6.99. The summed E-state index contributed by atoms with van der Waals surface area (Å²) in [5.41, 5.74) is -0.170. The molecule has 80 valence electrons. The van der Waals surface area contributed by atoms with E-state index in [1.54, 1.807) is 0 Å². The molecule has 0 spiro atoms. The average Bonchev–Trinajstić information content (AvgIpc) is 2.74. The summed E-state index contributed by atoms with van der Waals surface area (Å²) in [5.74, 6) is -2.68. The lowest BCUT2D eigenvalue weighted by atomic mass is 10.3. The maximum atomic E-state index is 12.5. The number of rotatable bonds is 3. The minimum atomic E-state index is -2.79. The second kappa shape index (κ2) is 3.15. The highest BCUT2D eigenvalue weighted by Crippen LogP contribution is 2.44. The molecule has 4 nitrogen and oxygen atoms in total. The summed E-state index contributed by atoms with van der Waals surface area (Å²) in [6.45, 7) is 0. The smallest absolute Gasteiger partial charge is 0.288 e. The van der Waals surface area contributed by atoms with E-state index in [4.69, 9.17) is 4.74 Å². The van der Waals surface area contributed by atoms with Gasteiger partial charge in [-0.3, -0.25) is 10.1 Å². The van der Waals surface area contributed by atoms with Crippen molar-refractivity contribution in [2.75, 3.05) is 0 Å². The van der Waals surface area contributed by atoms with E-state index < -0.39 is 16.9 Å². The molecule has 1 unspecified atom stereocenters. The number of hydrogen-bond donors (Lipinski definition) is 0. The Hall–Kier alpha value is -1.72. The monoisotopic (exact) mass is 215 g/mol. The molecule has 15 heavy (non-hydrogen) atoms. The lowest BCUT2D eigenvalue weighted by Crippen LogP contribution is -2.07. The second-order valence-electron chi connectivity index (χ2n) is 3.33. The van der Waals surface area contributed by atoms with Crippen molar-refractivity contribution in [1.82, 2.24) is 0 Å². The number of non-ortho nitro benzene ring substituents is 1. The summed E-state index contributed by atoms with van der Waals surface area (Å²) in [4.78, 5) is 9.78. The fourth-order valence-electron chi connectivity index (χ4n) is 1.15. The first-order valence-corrected chi connectivity index (χ1v) is 4.28. The molecule has 6 heteroatoms. The molecule has 0 aliphatic heterocycles. The first kappa shape index (κ1) is 9.82. The Kier molecular flexibility index (Phi) is 2.06. The van der Waals surface area contributed by atoms with Crippen molar-refractivity contribution in [3.63, 3.8) is 0 Å². The molecule has 1 aromatic rings. The summed E-state index contributed by atoms with van der Waals surface area (Å²) in [6, 6.07) is 5.22. The zero-order valence-corrected chi connectivity index (χ0v) is 7.52. The Morgan fingerprint density at radius 2 is 2.20 bits per heavy atom. The molecule has 1 fully saturated rings. The molecule has 1 aliphatic rings. The average molecular weight is 215 g/mol. The van der Waals surface area contributed by atoms with E-state index in [-0.39, 0.29) is 17.9 Å². The van der Waals surface area contributed by atoms with Gasteiger partial charge in [-0.1, -0.05) is 6.07 Å². The van der Waals surface area contributed by atoms with Crippen LogP contribution in [-0.4, -0.2) is 16.9 Å². The molecule has 1 aromatic carbocycles. The molecule has 1 atom stereocenters. The predicted molar refractivity (Wildman–Crippen MR) is 47.1 cm³/mol. The van der Waals surface area contributed by atoms with Crippen LogP contribution >= 0.6 is 0 Å². The van der Waals surface area contributed by atoms with E-state index >= 15 is 0 Å². The van der Waals surface area contributed by atoms with Gasteiger partial charge in [0.2, 0.25) is 0 Å². The van der Waals surface area contributed by atoms with Crippen LogP contribution in [0.4, 0.5) is 14.5 Å². The van der Waals surface area contributed by atoms with E-state index in [1.165, 1.54) is 18.2 Å². The second-order valence-corrected chi connectivity index (χ2v) is 3.33. The fourth-order valence-corrected chi connectivity index (χ4v) is 1.15. The van der Waals surface area contributed by atoms with Gasteiger partial charge in [0.15, 0.2) is 6.10 Å². The maximum absolute atomic E-state index is 12.5. The zero-order chi connectivity index (χ0) is 11.1. The van der Waals surface area contributed by atoms with Crippen LogP contribution in [0.1, 0.15) is 6.42 Å². The molecule has 1 aliphatic carbocycles. The van der Waals surface area contributed by atoms with Crippen molar-refractivity contribution in [1.29, 1.82) is 0 Å². The number of benzene rings is 1. The van der Waals surface area contributed by atoms with Gasteiger partial charge < -0.3 is 4.74 Å². The number of halogens is 2. The van der Waals surface area contributed by atoms with E-state index in [2.05, 4.69) is 0 Å². The molecular formula is C9H7F2NO3. The number of nitro groups is 1. The highest BCUT2D eigenvalue weighted by Gasteiger charge is 2.59. The van der Waals surface area contributed by atoms with Crippen LogP contribution < -0.4 is 4.74 Å². The third-order valence-corrected chi connectivity index (χ3v) is 2.08. The van der Waals surface area contributed by atoms with Crippen LogP contribution in [0.5, 0.6) is 5.75 Å². The molecule has 0 bridgehead atoms. The topological polar surface area (TPSA) is 52.4 Å². The molecule has 1 saturated carbocycles. The number of nitro benzene ring substituents is 1. The zero-order valence-electron chi connectivity index (χ0n) is 7.52. The summed E-state index contributed by atoms with van der Waals surface area (Å²) in [7, 11) is 0. The van der Waals surface area contributed by atoms with Crippen molar-refractivity contribution >= 4 is 5.69 Å². The third-order valence-electron chi connectivity index (χ3n) is 2.08. The molecule has 0 amide bonds. The highest BCUT2D eigenvalue weighted by atomic mass is 19.3. The number of hydrogen-bond acceptors (Lipinski definition) is 3. The lowest BCUT2D eigenvalue weighted by molar-refractivity contribution is -0.384. The maximum Gasteiger partial charge on any atom is 0.288 e. The van der Waals surface area contributed by atoms with Gasteiger partial charge in [-0.05, 0) is 6.07 Å². The van der Waals surface area contributed by atoms with Crippen molar-refractivity contribution in [2.45, 2.75) is 18.4 Å². The highest BCUT2D eigenvalue weighted by molar-refractivity contribution is 5.38. The Labute approximate surface area is 83.6 Å². The minimum absolute atomic E-state index is 0.103. The Morgan fingerprint density at radius 1 is 1.53 bits per heavy atom. The van der Waals surface area contributed by atoms with Crippen molar-refractivity contribution in [3.05, 3.63) is 34.4 Å². The lowest BCUT2D eigenvalue weighted by Gasteiger charge is -2.03. The standard InChI is InChI=1S/C9H7F2NO3/c10-9(11)5-8(9)15-7-3-1-2-6(4-7)12(13)14/h1-4,8H,5H2. The van der Waals surface area contributed by atoms with Gasteiger partial charge in [-0.2, -0.15) is 0 Å². The molecule has 0 radical (unpaired) electrons. The van der Waals surface area contributed by atoms with Crippen LogP contribution in [0.3, 0.4) is 0 Å². The SMILES string of the molecule is O=[N+]([O-])c1cccc(OC2CC2(F)F)c1. The van der Waals surface area contributed by atoms with Crippen molar-refractivity contribution in [3.8, 4) is 5.75 Å². The summed E-state index contributed by atoms with van der Waals surface area (Å²) in [6.07, 6.45) is -1.46. The van der Waals surface area contributed by atoms with Crippen molar-refractivity contribution in [2.24, 2.45) is 0 Å². The number of alkyl halides is 2. The number of ether oxygens (including phenoxy) is 1. The van der Waals surface area contributed by atoms with E-state index in [0.717, 1.165) is 6.07 Å². The normalized spacial score (nSPS) is 22.1. The van der Waals surface area contributed by atoms with Gasteiger partial charge in [-0.25, -0.2) is 8.78 Å². The van der Waals surface area contributed by atoms with Gasteiger partial charge >= 0.3 is 0 Å². The largest absolute Gasteiger partial charge is 0.484 e. The molecular weight excluding hydrogens is 208 g/mol. The van der Waals surface area contributed by atoms with Gasteiger partial charge in [-0.15, -0.1) is 0 Å². The quantitative estimate of drug-likeness (QED) is 0.574. The molecule has 0 aromatic heterocycles. The van der Waals surface area contributed by atoms with Crippen LogP contribution in [0, 0.1) is 10.1 Å². The Bertz CT molecular complexity index is 408. The molecule has 0 heterocycles. The summed E-state index contributed by atoms with van der Waals surface area (Å²) in [5, 5.41) is 10.4. The van der Waals surface area contributed by atoms with Gasteiger partial charge in [0.05, 0.1) is 17.4 Å². The number of nitrogens with zero attached hydrogens (tertiary/aromatic N) is 1. The van der Waals surface area contributed by atoms with Crippen LogP contribution in [0.15, 0.2) is 24.3 Å². The predicted octanol–water partition coefficient (Wildman–Crippen LogP) is 2.38. The minimum Gasteiger partial charge on any atom is -0.484 e. The Balaban J connectivity index is 2.09. The van der Waals surface area contributed by atoms with Crippen LogP contribution in [0.25, 0.3) is 0 Å². The first-order valence-electron chi connectivity index (χ1n) is 4.28. The van der Waals surface area contributed by atoms with E-state index in [1.807, 2.05) is 0 Å². The van der Waals surface area contributed by atoms with Crippen LogP contribution in [-0.2, 0) is 0 Å². The molecule has 2 rings (SSSR count). The van der Waals surface area contributed by atoms with E-state index in [0.29, 0.717) is 0 Å². The van der Waals surface area contributed by atoms with E-state index in [9.17, 15) is 18.9 Å². The van der Waals surface area contributed by atoms with Crippen molar-refractivity contribution < 1.29 is 18.4 Å². The summed E-state index contributed by atoms with van der Waals surface area (Å²) >= 11 is 0. The Morgan fingerprint density at radius 3 is 2.73 bits per heavy atom.